The van der Waals surface area contributed by atoms with Crippen molar-refractivity contribution in [3.8, 4) is 0 Å². The number of fused-ring (bicyclic) bond motifs is 1. The number of nitrogens with two attached hydrogens (primary N) is 1. The van der Waals surface area contributed by atoms with Crippen LogP contribution in [0.15, 0.2) is 54.7 Å². The smallest absolute Gasteiger partial charge is 0.343 e. The molecule has 1 unspecified atom stereocenters. The van der Waals surface area contributed by atoms with Crippen molar-refractivity contribution in [3.63, 3.8) is 0 Å². The lowest BCUT2D eigenvalue weighted by Gasteiger charge is -2.09. The van der Waals surface area contributed by atoms with E-state index in [0.29, 0.717) is 12.1 Å². The zero-order valence-corrected chi connectivity index (χ0v) is 14.2. The highest BCUT2D eigenvalue weighted by molar-refractivity contribution is 5.86. The van der Waals surface area contributed by atoms with Gasteiger partial charge in [0.15, 0.2) is 0 Å². The number of halogens is 3. The van der Waals surface area contributed by atoms with Crippen LogP contribution in [0.25, 0.3) is 10.9 Å². The fraction of sp³-hybridized carbons (Fsp3) is 0.211. The SMILES string of the molecule is NC(Cc1cn(Cc2ccc(C(F)(F)F)cc2)c2ccccc12)C(=O)NO. The second-order valence-corrected chi connectivity index (χ2v) is 6.28. The average molecular weight is 377 g/mol. The summed E-state index contributed by atoms with van der Waals surface area (Å²) in [5.41, 5.74) is 9.03. The maximum atomic E-state index is 12.7. The minimum absolute atomic E-state index is 0.215. The molecule has 4 N–H and O–H groups in total. The second-order valence-electron chi connectivity index (χ2n) is 6.28. The molecule has 0 aliphatic heterocycles. The van der Waals surface area contributed by atoms with E-state index in [9.17, 15) is 18.0 Å². The Labute approximate surface area is 153 Å². The fourth-order valence-corrected chi connectivity index (χ4v) is 3.02. The largest absolute Gasteiger partial charge is 0.416 e. The van der Waals surface area contributed by atoms with E-state index in [1.807, 2.05) is 35.0 Å². The summed E-state index contributed by atoms with van der Waals surface area (Å²) in [5, 5.41) is 9.61. The van der Waals surface area contributed by atoms with Gasteiger partial charge in [-0.05, 0) is 35.7 Å². The Balaban J connectivity index is 1.90. The quantitative estimate of drug-likeness (QED) is 0.472. The van der Waals surface area contributed by atoms with E-state index in [-0.39, 0.29) is 6.42 Å². The lowest BCUT2D eigenvalue weighted by molar-refractivity contribution is -0.137. The molecule has 5 nitrogen and oxygen atoms in total. The van der Waals surface area contributed by atoms with E-state index in [1.165, 1.54) is 17.6 Å². The van der Waals surface area contributed by atoms with Crippen molar-refractivity contribution in [2.75, 3.05) is 0 Å². The average Bonchev–Trinajstić information content (AvgIpc) is 2.98. The van der Waals surface area contributed by atoms with Crippen LogP contribution < -0.4 is 11.2 Å². The van der Waals surface area contributed by atoms with Gasteiger partial charge in [-0.3, -0.25) is 10.0 Å². The van der Waals surface area contributed by atoms with Crippen molar-refractivity contribution < 1.29 is 23.2 Å². The molecule has 142 valence electrons. The van der Waals surface area contributed by atoms with Crippen LogP contribution in [0.2, 0.25) is 0 Å². The summed E-state index contributed by atoms with van der Waals surface area (Å²) in [6.45, 7) is 0.375. The van der Waals surface area contributed by atoms with Crippen LogP contribution in [-0.4, -0.2) is 21.7 Å². The van der Waals surface area contributed by atoms with E-state index in [1.54, 1.807) is 0 Å². The van der Waals surface area contributed by atoms with Crippen LogP contribution in [0.1, 0.15) is 16.7 Å². The molecule has 1 atom stereocenters. The van der Waals surface area contributed by atoms with Crippen molar-refractivity contribution >= 4 is 16.8 Å². The lowest BCUT2D eigenvalue weighted by atomic mass is 10.1. The Morgan fingerprint density at radius 2 is 1.81 bits per heavy atom. The molecule has 0 spiro atoms. The highest BCUT2D eigenvalue weighted by atomic mass is 19.4. The van der Waals surface area contributed by atoms with E-state index in [2.05, 4.69) is 0 Å². The normalized spacial score (nSPS) is 12.9. The molecule has 0 fully saturated rings. The number of carbonyl (C=O) groups is 1. The van der Waals surface area contributed by atoms with Crippen LogP contribution in [0.4, 0.5) is 13.2 Å². The Hall–Kier alpha value is -2.84. The number of rotatable bonds is 5. The van der Waals surface area contributed by atoms with Gasteiger partial charge in [0.05, 0.1) is 11.6 Å². The second kappa shape index (κ2) is 7.42. The monoisotopic (exact) mass is 377 g/mol. The molecule has 3 rings (SSSR count). The first-order chi connectivity index (χ1) is 12.8. The molecule has 3 aromatic rings. The summed E-state index contributed by atoms with van der Waals surface area (Å²) in [4.78, 5) is 11.5. The Bertz CT molecular complexity index is 949. The van der Waals surface area contributed by atoms with Gasteiger partial charge in [-0.15, -0.1) is 0 Å². The number of nitrogens with zero attached hydrogens (tertiary/aromatic N) is 1. The van der Waals surface area contributed by atoms with Crippen molar-refractivity contribution in [1.82, 2.24) is 10.0 Å². The van der Waals surface area contributed by atoms with E-state index < -0.39 is 23.7 Å². The third-order valence-electron chi connectivity index (χ3n) is 4.39. The molecule has 0 aliphatic rings. The lowest BCUT2D eigenvalue weighted by Crippen LogP contribution is -2.40. The van der Waals surface area contributed by atoms with E-state index >= 15 is 0 Å². The summed E-state index contributed by atoms with van der Waals surface area (Å²) < 4.78 is 40.0. The molecule has 0 aliphatic carbocycles. The van der Waals surface area contributed by atoms with Crippen molar-refractivity contribution in [2.24, 2.45) is 5.73 Å². The van der Waals surface area contributed by atoms with Crippen LogP contribution >= 0.6 is 0 Å². The zero-order valence-electron chi connectivity index (χ0n) is 14.2. The van der Waals surface area contributed by atoms with Gasteiger partial charge in [0.2, 0.25) is 0 Å². The number of hydrogen-bond donors (Lipinski definition) is 3. The Morgan fingerprint density at radius 1 is 1.15 bits per heavy atom. The molecule has 0 radical (unpaired) electrons. The molecule has 1 aromatic heterocycles. The number of nitrogens with one attached hydrogen (secondary N) is 1. The molecule has 0 bridgehead atoms. The van der Waals surface area contributed by atoms with Gasteiger partial charge >= 0.3 is 6.18 Å². The predicted molar refractivity (Wildman–Crippen MR) is 94.1 cm³/mol. The first-order valence-corrected chi connectivity index (χ1v) is 8.22. The highest BCUT2D eigenvalue weighted by Crippen LogP contribution is 2.29. The van der Waals surface area contributed by atoms with E-state index in [0.717, 1.165) is 28.6 Å². The summed E-state index contributed by atoms with van der Waals surface area (Å²) in [6.07, 6.45) is -2.32. The number of hydroxylamine groups is 1. The topological polar surface area (TPSA) is 80.3 Å². The fourth-order valence-electron chi connectivity index (χ4n) is 3.02. The van der Waals surface area contributed by atoms with Gasteiger partial charge in [0, 0.05) is 23.6 Å². The number of hydrogen-bond acceptors (Lipinski definition) is 3. The van der Waals surface area contributed by atoms with Crippen molar-refractivity contribution in [1.29, 1.82) is 0 Å². The zero-order chi connectivity index (χ0) is 19.6. The first-order valence-electron chi connectivity index (χ1n) is 8.22. The molecule has 27 heavy (non-hydrogen) atoms. The number of benzene rings is 2. The molecule has 2 aromatic carbocycles. The van der Waals surface area contributed by atoms with Gasteiger partial charge in [0.1, 0.15) is 0 Å². The Morgan fingerprint density at radius 3 is 2.44 bits per heavy atom. The number of carbonyl (C=O) groups excluding carboxylic acids is 1. The van der Waals surface area contributed by atoms with Gasteiger partial charge in [-0.2, -0.15) is 13.2 Å². The summed E-state index contributed by atoms with van der Waals surface area (Å²) in [6, 6.07) is 11.6. The highest BCUT2D eigenvalue weighted by Gasteiger charge is 2.29. The van der Waals surface area contributed by atoms with Crippen LogP contribution in [0, 0.1) is 0 Å². The van der Waals surface area contributed by atoms with Gasteiger partial charge in [-0.25, -0.2) is 5.48 Å². The summed E-state index contributed by atoms with van der Waals surface area (Å²) >= 11 is 0. The molecule has 0 saturated heterocycles. The Kier molecular flexibility index (Phi) is 5.20. The number of para-hydroxylation sites is 1. The molecule has 1 amide bonds. The van der Waals surface area contributed by atoms with Crippen LogP contribution in [0.3, 0.4) is 0 Å². The molecule has 0 saturated carbocycles. The minimum Gasteiger partial charge on any atom is -0.343 e. The number of aromatic nitrogens is 1. The minimum atomic E-state index is -4.37. The maximum absolute atomic E-state index is 12.7. The summed E-state index contributed by atoms with van der Waals surface area (Å²) in [5.74, 6) is -0.686. The molecule has 1 heterocycles. The van der Waals surface area contributed by atoms with Gasteiger partial charge < -0.3 is 10.3 Å². The van der Waals surface area contributed by atoms with Gasteiger partial charge in [-0.1, -0.05) is 30.3 Å². The molecule has 8 heteroatoms. The first kappa shape index (κ1) is 18.9. The predicted octanol–water partition coefficient (Wildman–Crippen LogP) is 3.08. The number of amides is 1. The molecular formula is C19H18F3N3O2. The van der Waals surface area contributed by atoms with Gasteiger partial charge in [0.25, 0.3) is 5.91 Å². The maximum Gasteiger partial charge on any atom is 0.416 e. The van der Waals surface area contributed by atoms with Crippen LogP contribution in [-0.2, 0) is 23.9 Å². The molecular weight excluding hydrogens is 359 g/mol. The van der Waals surface area contributed by atoms with Crippen LogP contribution in [0.5, 0.6) is 0 Å². The van der Waals surface area contributed by atoms with Crippen molar-refractivity contribution in [2.45, 2.75) is 25.2 Å². The van der Waals surface area contributed by atoms with E-state index in [4.69, 9.17) is 10.9 Å². The van der Waals surface area contributed by atoms with Crippen molar-refractivity contribution in [3.05, 3.63) is 71.4 Å². The third-order valence-corrected chi connectivity index (χ3v) is 4.39. The summed E-state index contributed by atoms with van der Waals surface area (Å²) in [7, 11) is 0. The number of alkyl halides is 3. The third kappa shape index (κ3) is 4.12. The standard InChI is InChI=1S/C19H18F3N3O2/c20-19(21,22)14-7-5-12(6-8-14)10-25-11-13(9-16(23)18(26)24-27)15-3-1-2-4-17(15)25/h1-8,11,16,27H,9-10,23H2,(H,24,26).